The molecule has 1 aliphatic heterocycles. The number of morpholine rings is 1. The van der Waals surface area contributed by atoms with E-state index in [9.17, 15) is 5.39 Å². The van der Waals surface area contributed by atoms with Gasteiger partial charge >= 0.3 is 5.08 Å². The highest BCUT2D eigenvalue weighted by Gasteiger charge is 2.48. The molecular weight excluding hydrogens is 258 g/mol. The first-order valence-electron chi connectivity index (χ1n) is 6.82. The third-order valence-electron chi connectivity index (χ3n) is 3.23. The Balaban J connectivity index is 2.25. The minimum atomic E-state index is -0.935. The van der Waals surface area contributed by atoms with Crippen molar-refractivity contribution < 1.29 is 14.2 Å². The van der Waals surface area contributed by atoms with E-state index in [1.165, 1.54) is 5.01 Å². The zero-order valence-electron chi connectivity index (χ0n) is 11.9. The van der Waals surface area contributed by atoms with Crippen molar-refractivity contribution in [1.29, 1.82) is 5.39 Å². The van der Waals surface area contributed by atoms with Gasteiger partial charge in [0, 0.05) is 23.8 Å². The minimum Gasteiger partial charge on any atom is -0.350 e. The second-order valence-electron chi connectivity index (χ2n) is 4.46. The van der Waals surface area contributed by atoms with Gasteiger partial charge in [0.15, 0.2) is 6.54 Å². The molecule has 0 N–H and O–H groups in total. The van der Waals surface area contributed by atoms with E-state index in [0.717, 1.165) is 5.56 Å². The van der Waals surface area contributed by atoms with Crippen LogP contribution in [0, 0.1) is 5.39 Å². The Morgan fingerprint density at radius 2 is 2.10 bits per heavy atom. The summed E-state index contributed by atoms with van der Waals surface area (Å²) < 4.78 is 17.2. The molecule has 0 bridgehead atoms. The Morgan fingerprint density at radius 1 is 1.35 bits per heavy atom. The van der Waals surface area contributed by atoms with Crippen LogP contribution in [0.15, 0.2) is 30.3 Å². The molecule has 0 aromatic heterocycles. The normalized spacial score (nSPS) is 26.2. The second-order valence-corrected chi connectivity index (χ2v) is 4.46. The Bertz CT molecular complexity index is 462. The first kappa shape index (κ1) is 14.7. The monoisotopic (exact) mass is 278 g/mol. The van der Waals surface area contributed by atoms with Crippen molar-refractivity contribution in [3.63, 3.8) is 0 Å². The van der Waals surface area contributed by atoms with Crippen molar-refractivity contribution in [3.8, 4) is 0 Å². The summed E-state index contributed by atoms with van der Waals surface area (Å²) in [7, 11) is 0. The average Bonchev–Trinajstić information content (AvgIpc) is 2.50. The third-order valence-corrected chi connectivity index (χ3v) is 3.23. The van der Waals surface area contributed by atoms with Crippen LogP contribution >= 0.6 is 0 Å². The molecule has 2 atom stereocenters. The highest BCUT2D eigenvalue weighted by molar-refractivity contribution is 5.21. The van der Waals surface area contributed by atoms with Crippen LogP contribution in [-0.4, -0.2) is 37.6 Å². The van der Waals surface area contributed by atoms with Crippen LogP contribution in [0.1, 0.15) is 19.4 Å². The van der Waals surface area contributed by atoms with Crippen molar-refractivity contribution in [3.05, 3.63) is 41.0 Å². The van der Waals surface area contributed by atoms with Crippen molar-refractivity contribution in [2.45, 2.75) is 25.9 Å². The number of ether oxygens (including phenoxy) is 3. The molecule has 2 unspecified atom stereocenters. The maximum Gasteiger partial charge on any atom is 0.308 e. The van der Waals surface area contributed by atoms with Crippen LogP contribution in [0.5, 0.6) is 0 Å². The summed E-state index contributed by atoms with van der Waals surface area (Å²) in [5, 5.41) is 13.9. The fraction of sp³-hybridized carbons (Fsp3) is 0.571. The van der Waals surface area contributed by atoms with Crippen LogP contribution in [0.4, 0.5) is 0 Å². The van der Waals surface area contributed by atoms with Crippen molar-refractivity contribution in [1.82, 2.24) is 5.01 Å². The van der Waals surface area contributed by atoms with E-state index in [0.29, 0.717) is 13.2 Å². The quantitative estimate of drug-likeness (QED) is 0.774. The van der Waals surface area contributed by atoms with Gasteiger partial charge in [-0.2, -0.15) is 0 Å². The summed E-state index contributed by atoms with van der Waals surface area (Å²) >= 11 is 0. The van der Waals surface area contributed by atoms with E-state index in [1.807, 2.05) is 44.2 Å². The van der Waals surface area contributed by atoms with Gasteiger partial charge in [0.05, 0.1) is 0 Å². The molecule has 0 saturated carbocycles. The van der Waals surface area contributed by atoms with E-state index >= 15 is 0 Å². The molecule has 0 radical (unpaired) electrons. The maximum atomic E-state index is 9.20. The standard InChI is InChI=1S/C14H20N3O3/c1-3-18-13-10-20-14(19-4-2,11-17(13)16-15)12-8-6-5-7-9-12/h5-9,13H,3-4,10-11H2,1-2H3/q+1. The first-order valence-corrected chi connectivity index (χ1v) is 6.82. The van der Waals surface area contributed by atoms with Gasteiger partial charge in [0.25, 0.3) is 5.39 Å². The molecular formula is C14H20N3O3+. The largest absolute Gasteiger partial charge is 0.350 e. The SMILES string of the molecule is CCOC1COC(OCC)(c2ccccc2)CN1[N+]#N. The Hall–Kier alpha value is -1.68. The van der Waals surface area contributed by atoms with Gasteiger partial charge in [0.1, 0.15) is 6.61 Å². The average molecular weight is 278 g/mol. The molecule has 1 heterocycles. The van der Waals surface area contributed by atoms with Gasteiger partial charge in [-0.3, -0.25) is 0 Å². The lowest BCUT2D eigenvalue weighted by atomic mass is 10.0. The lowest BCUT2D eigenvalue weighted by molar-refractivity contribution is -0.305. The molecule has 1 aliphatic rings. The molecule has 2 rings (SSSR count). The summed E-state index contributed by atoms with van der Waals surface area (Å²) in [5.74, 6) is -0.935. The van der Waals surface area contributed by atoms with Gasteiger partial charge in [-0.15, -0.1) is 0 Å². The fourth-order valence-electron chi connectivity index (χ4n) is 2.34. The molecule has 1 fully saturated rings. The number of hydrogen-bond acceptors (Lipinski definition) is 5. The lowest BCUT2D eigenvalue weighted by Crippen LogP contribution is -2.54. The fourth-order valence-corrected chi connectivity index (χ4v) is 2.34. The maximum absolute atomic E-state index is 9.20. The summed E-state index contributed by atoms with van der Waals surface area (Å²) in [6.07, 6.45) is -0.401. The lowest BCUT2D eigenvalue weighted by Gasteiger charge is -2.39. The molecule has 0 amide bonds. The van der Waals surface area contributed by atoms with Crippen LogP contribution < -0.4 is 0 Å². The molecule has 0 spiro atoms. The molecule has 0 aliphatic carbocycles. The Morgan fingerprint density at radius 3 is 2.70 bits per heavy atom. The molecule has 1 saturated heterocycles. The number of diazo groups is 1. The second kappa shape index (κ2) is 6.66. The summed E-state index contributed by atoms with van der Waals surface area (Å²) in [6, 6.07) is 9.66. The van der Waals surface area contributed by atoms with Crippen LogP contribution in [0.3, 0.4) is 0 Å². The summed E-state index contributed by atoms with van der Waals surface area (Å²) in [6.45, 7) is 5.35. The van der Waals surface area contributed by atoms with Crippen LogP contribution in [-0.2, 0) is 20.0 Å². The van der Waals surface area contributed by atoms with Crippen molar-refractivity contribution in [2.24, 2.45) is 0 Å². The third kappa shape index (κ3) is 2.90. The Kier molecular flexibility index (Phi) is 4.90. The summed E-state index contributed by atoms with van der Waals surface area (Å²) in [5.41, 5.74) is 0.894. The van der Waals surface area contributed by atoms with E-state index < -0.39 is 12.0 Å². The number of benzene rings is 1. The van der Waals surface area contributed by atoms with Crippen molar-refractivity contribution >= 4 is 0 Å². The van der Waals surface area contributed by atoms with Crippen LogP contribution in [0.25, 0.3) is 5.08 Å². The topological polar surface area (TPSA) is 59.1 Å². The molecule has 6 nitrogen and oxygen atoms in total. The predicted molar refractivity (Wildman–Crippen MR) is 72.9 cm³/mol. The molecule has 1 aromatic carbocycles. The van der Waals surface area contributed by atoms with Crippen molar-refractivity contribution in [2.75, 3.05) is 26.4 Å². The van der Waals surface area contributed by atoms with Gasteiger partial charge in [-0.05, 0) is 13.8 Å². The predicted octanol–water partition coefficient (Wildman–Crippen LogP) is 2.34. The molecule has 1 aromatic rings. The smallest absolute Gasteiger partial charge is 0.308 e. The van der Waals surface area contributed by atoms with Gasteiger partial charge in [-0.25, -0.2) is 0 Å². The zero-order valence-corrected chi connectivity index (χ0v) is 11.9. The molecule has 20 heavy (non-hydrogen) atoms. The number of rotatable bonds is 5. The number of nitrogens with zero attached hydrogens (tertiary/aromatic N) is 3. The van der Waals surface area contributed by atoms with Crippen LogP contribution in [0.2, 0.25) is 0 Å². The zero-order chi connectivity index (χ0) is 14.4. The van der Waals surface area contributed by atoms with E-state index in [-0.39, 0.29) is 13.2 Å². The highest BCUT2D eigenvalue weighted by Crippen LogP contribution is 2.33. The first-order chi connectivity index (χ1) is 9.75. The van der Waals surface area contributed by atoms with Gasteiger partial charge in [-0.1, -0.05) is 30.3 Å². The van der Waals surface area contributed by atoms with E-state index in [4.69, 9.17) is 14.2 Å². The minimum absolute atomic E-state index is 0.270. The molecule has 108 valence electrons. The number of hydrogen-bond donors (Lipinski definition) is 0. The van der Waals surface area contributed by atoms with Gasteiger partial charge < -0.3 is 14.2 Å². The Labute approximate surface area is 118 Å². The van der Waals surface area contributed by atoms with Gasteiger partial charge in [0.2, 0.25) is 12.0 Å². The highest BCUT2D eigenvalue weighted by atomic mass is 16.7. The van der Waals surface area contributed by atoms with E-state index in [1.54, 1.807) is 0 Å². The summed E-state index contributed by atoms with van der Waals surface area (Å²) in [4.78, 5) is 0. The molecule has 6 heteroatoms. The van der Waals surface area contributed by atoms with E-state index in [2.05, 4.69) is 5.08 Å².